The molecule has 0 aliphatic heterocycles. The number of nitrogens with zero attached hydrogens (tertiary/aromatic N) is 1. The number of nitrogens with one attached hydrogen (secondary N) is 1. The van der Waals surface area contributed by atoms with Gasteiger partial charge in [-0.25, -0.2) is 9.59 Å². The van der Waals surface area contributed by atoms with Crippen molar-refractivity contribution in [2.24, 2.45) is 0 Å². The number of amides is 2. The molecule has 1 aliphatic carbocycles. The zero-order valence-electron chi connectivity index (χ0n) is 19.6. The zero-order chi connectivity index (χ0) is 24.8. The number of ether oxygens (including phenoxy) is 3. The van der Waals surface area contributed by atoms with E-state index >= 15 is 0 Å². The summed E-state index contributed by atoms with van der Waals surface area (Å²) in [6.07, 6.45) is -0.706. The Bertz CT molecular complexity index is 899. The predicted molar refractivity (Wildman–Crippen MR) is 121 cm³/mol. The third kappa shape index (κ3) is 6.83. The number of hydrogen-bond donors (Lipinski definition) is 1. The summed E-state index contributed by atoms with van der Waals surface area (Å²) in [4.78, 5) is 50.9. The summed E-state index contributed by atoms with van der Waals surface area (Å²) in [6, 6.07) is 6.90. The Morgan fingerprint density at radius 2 is 1.85 bits per heavy atom. The predicted octanol–water partition coefficient (Wildman–Crippen LogP) is 4.16. The second-order valence-corrected chi connectivity index (χ2v) is 9.23. The number of benzene rings is 1. The van der Waals surface area contributed by atoms with Gasteiger partial charge in [0.2, 0.25) is 6.29 Å². The molecule has 0 spiro atoms. The van der Waals surface area contributed by atoms with Crippen molar-refractivity contribution in [2.45, 2.75) is 70.8 Å². The number of alkyl carbamates (subject to hydrolysis) is 1. The van der Waals surface area contributed by atoms with E-state index in [2.05, 4.69) is 5.32 Å². The first-order valence-electron chi connectivity index (χ1n) is 10.8. The quantitative estimate of drug-likeness (QED) is 0.478. The average molecular weight is 483 g/mol. The fraction of sp³-hybridized carbons (Fsp3) is 0.565. The van der Waals surface area contributed by atoms with Crippen molar-refractivity contribution in [2.75, 3.05) is 13.6 Å². The van der Waals surface area contributed by atoms with Crippen LogP contribution in [0.3, 0.4) is 0 Å². The van der Waals surface area contributed by atoms with Crippen molar-refractivity contribution in [3.8, 4) is 0 Å². The van der Waals surface area contributed by atoms with Crippen molar-refractivity contribution in [1.29, 1.82) is 0 Å². The minimum Gasteiger partial charge on any atom is -0.444 e. The number of esters is 1. The van der Waals surface area contributed by atoms with Gasteiger partial charge in [-0.2, -0.15) is 0 Å². The van der Waals surface area contributed by atoms with Crippen LogP contribution in [0.2, 0.25) is 5.02 Å². The van der Waals surface area contributed by atoms with Gasteiger partial charge in [0.25, 0.3) is 0 Å². The van der Waals surface area contributed by atoms with E-state index in [4.69, 9.17) is 25.8 Å². The summed E-state index contributed by atoms with van der Waals surface area (Å²) in [6.45, 7) is 5.97. The van der Waals surface area contributed by atoms with Crippen LogP contribution in [-0.2, 0) is 29.3 Å². The lowest BCUT2D eigenvalue weighted by molar-refractivity contribution is -0.166. The molecule has 2 rings (SSSR count). The molecular formula is C23H31ClN2O7. The van der Waals surface area contributed by atoms with E-state index in [1.165, 1.54) is 18.9 Å². The molecule has 1 unspecified atom stereocenters. The van der Waals surface area contributed by atoms with Gasteiger partial charge >= 0.3 is 18.2 Å². The SMILES string of the molecule is CC(OC(=O)CNC(=O)OC(C)(C)C)OC(=O)N(C)[C@]1(c2ccccc2Cl)CCCCC1=O. The molecule has 1 aromatic carbocycles. The summed E-state index contributed by atoms with van der Waals surface area (Å²) >= 11 is 6.39. The highest BCUT2D eigenvalue weighted by molar-refractivity contribution is 6.31. The Morgan fingerprint density at radius 1 is 1.18 bits per heavy atom. The standard InChI is InChI=1S/C23H31ClN2O7/c1-15(31-19(28)14-25-20(29)33-22(2,3)4)32-21(30)26(5)23(13-9-8-12-18(23)27)16-10-6-7-11-17(16)24/h6-7,10-11,15H,8-9,12-14H2,1-5H3,(H,25,29)/t15?,23-/m0/s1. The molecule has 2 amide bonds. The highest BCUT2D eigenvalue weighted by atomic mass is 35.5. The molecule has 1 N–H and O–H groups in total. The Morgan fingerprint density at radius 3 is 2.45 bits per heavy atom. The van der Waals surface area contributed by atoms with Crippen LogP contribution >= 0.6 is 11.6 Å². The lowest BCUT2D eigenvalue weighted by Gasteiger charge is -2.43. The Labute approximate surface area is 198 Å². The average Bonchev–Trinajstić information content (AvgIpc) is 2.71. The van der Waals surface area contributed by atoms with Gasteiger partial charge in [-0.05, 0) is 46.1 Å². The van der Waals surface area contributed by atoms with E-state index in [0.717, 1.165) is 12.8 Å². The second kappa shape index (κ2) is 10.9. The molecule has 0 saturated heterocycles. The van der Waals surface area contributed by atoms with E-state index < -0.39 is 42.1 Å². The number of carbonyl (C=O) groups is 4. The molecule has 10 heteroatoms. The Hall–Kier alpha value is -2.81. The monoisotopic (exact) mass is 482 g/mol. The minimum atomic E-state index is -1.27. The Balaban J connectivity index is 2.04. The van der Waals surface area contributed by atoms with Gasteiger partial charge in [0.05, 0.1) is 0 Å². The van der Waals surface area contributed by atoms with Crippen molar-refractivity contribution >= 4 is 35.5 Å². The van der Waals surface area contributed by atoms with E-state index in [1.54, 1.807) is 45.0 Å². The smallest absolute Gasteiger partial charge is 0.413 e. The lowest BCUT2D eigenvalue weighted by atomic mass is 9.74. The fourth-order valence-electron chi connectivity index (χ4n) is 3.72. The van der Waals surface area contributed by atoms with Crippen LogP contribution in [0.5, 0.6) is 0 Å². The third-order valence-corrected chi connectivity index (χ3v) is 5.49. The van der Waals surface area contributed by atoms with Gasteiger partial charge in [0.15, 0.2) is 5.78 Å². The molecule has 1 aromatic rings. The molecule has 2 atom stereocenters. The highest BCUT2D eigenvalue weighted by Crippen LogP contribution is 2.42. The molecular weight excluding hydrogens is 452 g/mol. The lowest BCUT2D eigenvalue weighted by Crippen LogP contribution is -2.55. The van der Waals surface area contributed by atoms with E-state index in [0.29, 0.717) is 23.4 Å². The summed E-state index contributed by atoms with van der Waals surface area (Å²) in [7, 11) is 1.47. The first-order valence-corrected chi connectivity index (χ1v) is 11.1. The van der Waals surface area contributed by atoms with Crippen LogP contribution in [0.4, 0.5) is 9.59 Å². The van der Waals surface area contributed by atoms with Gasteiger partial charge in [-0.3, -0.25) is 14.5 Å². The normalized spacial score (nSPS) is 19.3. The maximum atomic E-state index is 13.1. The van der Waals surface area contributed by atoms with Crippen LogP contribution in [0, 0.1) is 0 Å². The summed E-state index contributed by atoms with van der Waals surface area (Å²) in [5.41, 5.74) is -1.45. The Kier molecular flexibility index (Phi) is 8.71. The maximum absolute atomic E-state index is 13.1. The van der Waals surface area contributed by atoms with Gasteiger partial charge < -0.3 is 19.5 Å². The zero-order valence-corrected chi connectivity index (χ0v) is 20.4. The van der Waals surface area contributed by atoms with Crippen LogP contribution in [-0.4, -0.2) is 54.3 Å². The topological polar surface area (TPSA) is 111 Å². The molecule has 0 radical (unpaired) electrons. The minimum absolute atomic E-state index is 0.132. The van der Waals surface area contributed by atoms with Gasteiger partial charge in [0.1, 0.15) is 17.7 Å². The van der Waals surface area contributed by atoms with Crippen LogP contribution in [0.25, 0.3) is 0 Å². The second-order valence-electron chi connectivity index (χ2n) is 8.83. The summed E-state index contributed by atoms with van der Waals surface area (Å²) < 4.78 is 15.3. The number of carbonyl (C=O) groups excluding carboxylic acids is 4. The van der Waals surface area contributed by atoms with Gasteiger partial charge in [-0.15, -0.1) is 0 Å². The summed E-state index contributed by atoms with van der Waals surface area (Å²) in [5, 5.41) is 2.64. The molecule has 0 heterocycles. The largest absolute Gasteiger partial charge is 0.444 e. The first-order chi connectivity index (χ1) is 15.4. The van der Waals surface area contributed by atoms with E-state index in [9.17, 15) is 19.2 Å². The molecule has 1 fully saturated rings. The molecule has 1 aliphatic rings. The summed E-state index contributed by atoms with van der Waals surface area (Å²) in [5.74, 6) is -0.953. The van der Waals surface area contributed by atoms with Crippen molar-refractivity contribution in [1.82, 2.24) is 10.2 Å². The van der Waals surface area contributed by atoms with E-state index in [1.807, 2.05) is 0 Å². The van der Waals surface area contributed by atoms with Gasteiger partial charge in [0, 0.05) is 31.0 Å². The molecule has 182 valence electrons. The van der Waals surface area contributed by atoms with Crippen molar-refractivity contribution < 1.29 is 33.4 Å². The number of likely N-dealkylation sites (N-methyl/N-ethyl adjacent to an activating group) is 1. The molecule has 9 nitrogen and oxygen atoms in total. The third-order valence-electron chi connectivity index (χ3n) is 5.16. The van der Waals surface area contributed by atoms with Crippen molar-refractivity contribution in [3.05, 3.63) is 34.9 Å². The number of halogens is 1. The number of hydrogen-bond acceptors (Lipinski definition) is 7. The molecule has 0 aromatic heterocycles. The number of rotatable bonds is 6. The van der Waals surface area contributed by atoms with Crippen molar-refractivity contribution in [3.63, 3.8) is 0 Å². The molecule has 33 heavy (non-hydrogen) atoms. The van der Waals surface area contributed by atoms with E-state index in [-0.39, 0.29) is 5.78 Å². The van der Waals surface area contributed by atoms with Crippen LogP contribution in [0.1, 0.15) is 58.9 Å². The fourth-order valence-corrected chi connectivity index (χ4v) is 4.01. The maximum Gasteiger partial charge on any atom is 0.413 e. The number of ketones is 1. The molecule has 1 saturated carbocycles. The highest BCUT2D eigenvalue weighted by Gasteiger charge is 2.48. The molecule has 0 bridgehead atoms. The first kappa shape index (κ1) is 26.4. The van der Waals surface area contributed by atoms with Crippen LogP contribution < -0.4 is 5.32 Å². The number of Topliss-reactive ketones (excluding diaryl/α,β-unsaturated/α-hetero) is 1. The van der Waals surface area contributed by atoms with Crippen LogP contribution in [0.15, 0.2) is 24.3 Å². The van der Waals surface area contributed by atoms with Gasteiger partial charge in [-0.1, -0.05) is 29.8 Å².